The molecule has 0 aliphatic carbocycles. The number of methoxy groups -OCH3 is 1. The first kappa shape index (κ1) is 47.3. The average Bonchev–Trinajstić information content (AvgIpc) is 3.21. The number of sulfonamides is 1. The predicted molar refractivity (Wildman–Crippen MR) is 206 cm³/mol. The Labute approximate surface area is 345 Å². The highest BCUT2D eigenvalue weighted by Gasteiger charge is 2.38. The Kier molecular flexibility index (Phi) is 17.6. The topological polar surface area (TPSA) is 278 Å². The Bertz CT molecular complexity index is 2060. The molecule has 2 aromatic carbocycles. The van der Waals surface area contributed by atoms with Gasteiger partial charge in [0.05, 0.1) is 36.0 Å². The summed E-state index contributed by atoms with van der Waals surface area (Å²) in [6.45, 7) is 5.80. The van der Waals surface area contributed by atoms with Crippen LogP contribution in [0.3, 0.4) is 0 Å². The number of aromatic nitrogens is 4. The van der Waals surface area contributed by atoms with Crippen molar-refractivity contribution >= 4 is 22.0 Å². The van der Waals surface area contributed by atoms with Crippen LogP contribution in [0.4, 0.5) is 10.6 Å². The minimum absolute atomic E-state index is 0.0319. The SMILES string of the molecule is COc1ccccc1Oc1c(OCCO)nc(-c2ncccn2)nc1N(C(C)OC(=O)OCCCCCC(CON(O)O)ON(O)O)S(=O)(=O)c1ccc(C(C)(C)C)cc1. The van der Waals surface area contributed by atoms with Gasteiger partial charge in [0, 0.05) is 12.4 Å². The van der Waals surface area contributed by atoms with Crippen LogP contribution in [0.25, 0.3) is 11.6 Å². The van der Waals surface area contributed by atoms with Gasteiger partial charge in [-0.1, -0.05) is 51.5 Å². The van der Waals surface area contributed by atoms with E-state index in [2.05, 4.69) is 24.8 Å². The van der Waals surface area contributed by atoms with E-state index < -0.39 is 58.3 Å². The second-order valence-electron chi connectivity index (χ2n) is 13.7. The Morgan fingerprint density at radius 3 is 2.15 bits per heavy atom. The standard InChI is InChI=1S/C37H49N7O15S/c1-25(57-36(46)55-22-10-6-7-12-27(59-44(49)50)24-56-43(47)48)42(60(51,52)28-17-15-26(16-18-28)37(2,3)4)34-31(58-30-14-9-8-13-29(30)53-5)35(54-23-21-45)41-33(40-34)32-38-19-11-20-39-32/h8-9,11,13-20,25,27,45,47-50H,6-7,10,12,21-24H2,1-5H3. The van der Waals surface area contributed by atoms with Crippen LogP contribution in [0.2, 0.25) is 0 Å². The molecule has 5 N–H and O–H groups in total. The van der Waals surface area contributed by atoms with Crippen LogP contribution in [-0.4, -0.2) is 117 Å². The Morgan fingerprint density at radius 1 is 0.850 bits per heavy atom. The van der Waals surface area contributed by atoms with E-state index in [0.29, 0.717) is 17.1 Å². The molecule has 4 rings (SSSR count). The van der Waals surface area contributed by atoms with Crippen molar-refractivity contribution in [3.8, 4) is 34.8 Å². The van der Waals surface area contributed by atoms with E-state index in [-0.39, 0.29) is 71.1 Å². The van der Waals surface area contributed by atoms with Gasteiger partial charge in [0.15, 0.2) is 29.4 Å². The molecule has 0 saturated heterocycles. The second-order valence-corrected chi connectivity index (χ2v) is 15.5. The number of hydrogen-bond acceptors (Lipinski definition) is 21. The number of para-hydroxylation sites is 2. The average molecular weight is 864 g/mol. The number of anilines is 1. The molecule has 328 valence electrons. The van der Waals surface area contributed by atoms with Crippen molar-refractivity contribution in [3.05, 3.63) is 72.6 Å². The lowest BCUT2D eigenvalue weighted by atomic mass is 9.87. The first-order chi connectivity index (χ1) is 28.5. The lowest BCUT2D eigenvalue weighted by Gasteiger charge is -2.30. The molecule has 2 heterocycles. The van der Waals surface area contributed by atoms with Crippen molar-refractivity contribution in [2.24, 2.45) is 0 Å². The van der Waals surface area contributed by atoms with Crippen molar-refractivity contribution in [2.75, 3.05) is 37.8 Å². The molecular formula is C37H49N7O15S. The zero-order valence-electron chi connectivity index (χ0n) is 33.5. The number of unbranched alkanes of at least 4 members (excludes halogenated alkanes) is 2. The highest BCUT2D eigenvalue weighted by atomic mass is 32.2. The van der Waals surface area contributed by atoms with Gasteiger partial charge >= 0.3 is 6.16 Å². The summed E-state index contributed by atoms with van der Waals surface area (Å²) < 4.78 is 59.0. The number of aliphatic hydroxyl groups excluding tert-OH is 1. The first-order valence-corrected chi connectivity index (χ1v) is 19.9. The number of nitrogens with zero attached hydrogens (tertiary/aromatic N) is 7. The summed E-state index contributed by atoms with van der Waals surface area (Å²) >= 11 is 0. The quantitative estimate of drug-likeness (QED) is 0.0282. The predicted octanol–water partition coefficient (Wildman–Crippen LogP) is 5.05. The van der Waals surface area contributed by atoms with Gasteiger partial charge in [-0.05, 0) is 67.5 Å². The van der Waals surface area contributed by atoms with Gasteiger partial charge < -0.3 is 28.8 Å². The van der Waals surface area contributed by atoms with Crippen molar-refractivity contribution in [3.63, 3.8) is 0 Å². The van der Waals surface area contributed by atoms with E-state index in [9.17, 15) is 18.3 Å². The molecular weight excluding hydrogens is 815 g/mol. The summed E-state index contributed by atoms with van der Waals surface area (Å²) in [5, 5.41) is 44.1. The van der Waals surface area contributed by atoms with Gasteiger partial charge in [0.2, 0.25) is 11.6 Å². The third-order valence-corrected chi connectivity index (χ3v) is 10.1. The maximum absolute atomic E-state index is 14.9. The fraction of sp³-hybridized carbons (Fsp3) is 0.432. The molecule has 0 radical (unpaired) electrons. The van der Waals surface area contributed by atoms with Gasteiger partial charge in [-0.3, -0.25) is 20.8 Å². The zero-order valence-corrected chi connectivity index (χ0v) is 34.3. The molecule has 2 atom stereocenters. The highest BCUT2D eigenvalue weighted by Crippen LogP contribution is 2.44. The second kappa shape index (κ2) is 22.3. The summed E-state index contributed by atoms with van der Waals surface area (Å²) in [7, 11) is -3.32. The summed E-state index contributed by atoms with van der Waals surface area (Å²) in [5.41, 5.74) is 0.522. The minimum atomic E-state index is -4.73. The maximum atomic E-state index is 14.9. The van der Waals surface area contributed by atoms with Crippen LogP contribution >= 0.6 is 0 Å². The molecule has 23 heteroatoms. The molecule has 0 fully saturated rings. The van der Waals surface area contributed by atoms with E-state index in [0.717, 1.165) is 5.56 Å². The summed E-state index contributed by atoms with van der Waals surface area (Å²) in [6.07, 6.45) is 0.154. The number of carbonyl (C=O) groups is 1. The smallest absolute Gasteiger partial charge is 0.493 e. The Hall–Kier alpha value is -5.34. The van der Waals surface area contributed by atoms with Crippen LogP contribution in [-0.2, 0) is 34.6 Å². The molecule has 0 amide bonds. The van der Waals surface area contributed by atoms with E-state index in [4.69, 9.17) is 49.4 Å². The molecule has 22 nitrogen and oxygen atoms in total. The molecule has 0 spiro atoms. The highest BCUT2D eigenvalue weighted by molar-refractivity contribution is 7.92. The number of ether oxygens (including phenoxy) is 5. The van der Waals surface area contributed by atoms with Gasteiger partial charge in [-0.15, -0.1) is 0 Å². The maximum Gasteiger partial charge on any atom is 0.510 e. The lowest BCUT2D eigenvalue weighted by Crippen LogP contribution is -2.42. The number of carbonyl (C=O) groups excluding carboxylic acids is 1. The molecule has 60 heavy (non-hydrogen) atoms. The van der Waals surface area contributed by atoms with E-state index in [1.165, 1.54) is 38.6 Å². The first-order valence-electron chi connectivity index (χ1n) is 18.4. The van der Waals surface area contributed by atoms with Gasteiger partial charge in [0.1, 0.15) is 19.3 Å². The van der Waals surface area contributed by atoms with Crippen molar-refractivity contribution in [2.45, 2.75) is 76.0 Å². The van der Waals surface area contributed by atoms with Gasteiger partial charge in [-0.2, -0.15) is 4.98 Å². The zero-order chi connectivity index (χ0) is 43.9. The fourth-order valence-corrected chi connectivity index (χ4v) is 6.92. The lowest BCUT2D eigenvalue weighted by molar-refractivity contribution is -0.527. The summed E-state index contributed by atoms with van der Waals surface area (Å²) in [5.74, 6) is -1.06. The summed E-state index contributed by atoms with van der Waals surface area (Å²) in [4.78, 5) is 39.6. The number of hydrogen-bond donors (Lipinski definition) is 5. The number of rotatable bonds is 23. The molecule has 2 aromatic heterocycles. The monoisotopic (exact) mass is 863 g/mol. The molecule has 0 bridgehead atoms. The van der Waals surface area contributed by atoms with Crippen LogP contribution in [0.1, 0.15) is 58.9 Å². The minimum Gasteiger partial charge on any atom is -0.493 e. The molecule has 0 aliphatic heterocycles. The van der Waals surface area contributed by atoms with Gasteiger partial charge in [-0.25, -0.2) is 42.1 Å². The van der Waals surface area contributed by atoms with E-state index >= 15 is 0 Å². The molecule has 0 aliphatic rings. The third-order valence-electron chi connectivity index (χ3n) is 8.29. The van der Waals surface area contributed by atoms with Crippen LogP contribution in [0.5, 0.6) is 23.1 Å². The van der Waals surface area contributed by atoms with Crippen LogP contribution in [0, 0.1) is 0 Å². The van der Waals surface area contributed by atoms with Gasteiger partial charge in [0.25, 0.3) is 15.9 Å². The van der Waals surface area contributed by atoms with Crippen molar-refractivity contribution in [1.29, 1.82) is 0 Å². The Balaban J connectivity index is 1.73. The number of benzene rings is 2. The number of aliphatic hydroxyl groups is 1. The summed E-state index contributed by atoms with van der Waals surface area (Å²) in [6, 6.07) is 14.2. The van der Waals surface area contributed by atoms with Crippen molar-refractivity contribution in [1.82, 2.24) is 30.7 Å². The largest absolute Gasteiger partial charge is 0.510 e. The third kappa shape index (κ3) is 13.6. The fourth-order valence-electron chi connectivity index (χ4n) is 5.42. The van der Waals surface area contributed by atoms with Crippen LogP contribution in [0.15, 0.2) is 71.9 Å². The molecule has 4 aromatic rings. The molecule has 0 saturated carbocycles. The van der Waals surface area contributed by atoms with E-state index in [1.54, 1.807) is 42.5 Å². The van der Waals surface area contributed by atoms with Crippen molar-refractivity contribution < 1.29 is 72.5 Å². The normalized spacial score (nSPS) is 12.9. The van der Waals surface area contributed by atoms with E-state index in [1.807, 2.05) is 20.8 Å². The Morgan fingerprint density at radius 2 is 1.53 bits per heavy atom. The molecule has 2 unspecified atom stereocenters. The van der Waals surface area contributed by atoms with Crippen LogP contribution < -0.4 is 18.5 Å².